The number of rotatable bonds is 6. The quantitative estimate of drug-likeness (QED) is 0.480. The average molecular weight is 369 g/mol. The van der Waals surface area contributed by atoms with Crippen molar-refractivity contribution in [2.75, 3.05) is 6.61 Å². The van der Waals surface area contributed by atoms with E-state index in [1.54, 1.807) is 31.2 Å². The first-order valence-corrected chi connectivity index (χ1v) is 7.95. The lowest BCUT2D eigenvalue weighted by atomic mass is 9.92. The molecule has 1 N–H and O–H groups in total. The van der Waals surface area contributed by atoms with Gasteiger partial charge in [0.25, 0.3) is 0 Å². The van der Waals surface area contributed by atoms with Gasteiger partial charge in [-0.05, 0) is 25.9 Å². The molecule has 0 aliphatic heterocycles. The number of nitrogens with zero attached hydrogens (tertiary/aromatic N) is 4. The van der Waals surface area contributed by atoms with Crippen molar-refractivity contribution in [3.63, 3.8) is 0 Å². The SMILES string of the molecule is CCOC(=O)c1nn(-c2ccccc2Cl)c(Cl)c1CN=NB(C)O. The fourth-order valence-electron chi connectivity index (χ4n) is 1.95. The van der Waals surface area contributed by atoms with Crippen molar-refractivity contribution in [3.8, 4) is 5.69 Å². The van der Waals surface area contributed by atoms with E-state index in [2.05, 4.69) is 15.2 Å². The van der Waals surface area contributed by atoms with Crippen LogP contribution in [0.1, 0.15) is 23.0 Å². The van der Waals surface area contributed by atoms with Crippen molar-refractivity contribution >= 4 is 36.2 Å². The molecule has 126 valence electrons. The monoisotopic (exact) mass is 368 g/mol. The highest BCUT2D eigenvalue weighted by Crippen LogP contribution is 2.28. The molecule has 10 heteroatoms. The first-order chi connectivity index (χ1) is 11.5. The number of benzene rings is 1. The number of carbonyl (C=O) groups is 1. The summed E-state index contributed by atoms with van der Waals surface area (Å²) in [6.07, 6.45) is 0. The molecule has 0 saturated carbocycles. The maximum Gasteiger partial charge on any atom is 0.450 e. The number of esters is 1. The maximum absolute atomic E-state index is 12.1. The van der Waals surface area contributed by atoms with E-state index in [1.807, 2.05) is 0 Å². The molecule has 0 atom stereocenters. The average Bonchev–Trinajstić information content (AvgIpc) is 2.85. The molecule has 0 aliphatic carbocycles. The normalized spacial score (nSPS) is 11.0. The largest absolute Gasteiger partial charge is 0.461 e. The van der Waals surface area contributed by atoms with Gasteiger partial charge in [0.2, 0.25) is 0 Å². The number of halogens is 2. The Morgan fingerprint density at radius 3 is 2.75 bits per heavy atom. The Bertz CT molecular complexity index is 764. The summed E-state index contributed by atoms with van der Waals surface area (Å²) in [5.41, 5.74) is 0.902. The van der Waals surface area contributed by atoms with Crippen LogP contribution in [0.15, 0.2) is 34.4 Å². The molecule has 24 heavy (non-hydrogen) atoms. The van der Waals surface area contributed by atoms with Crippen LogP contribution < -0.4 is 0 Å². The van der Waals surface area contributed by atoms with E-state index in [0.717, 1.165) is 0 Å². The molecule has 2 aromatic rings. The molecule has 1 aromatic carbocycles. The van der Waals surface area contributed by atoms with Crippen LogP contribution in [0.2, 0.25) is 17.0 Å². The van der Waals surface area contributed by atoms with Gasteiger partial charge >= 0.3 is 13.0 Å². The van der Waals surface area contributed by atoms with Gasteiger partial charge in [-0.15, -0.1) is 0 Å². The summed E-state index contributed by atoms with van der Waals surface area (Å²) >= 11 is 12.5. The zero-order chi connectivity index (χ0) is 17.7. The Labute approximate surface area is 149 Å². The summed E-state index contributed by atoms with van der Waals surface area (Å²) in [6, 6.07) is 6.95. The van der Waals surface area contributed by atoms with Gasteiger partial charge in [-0.2, -0.15) is 5.10 Å². The molecular formula is C14H15BCl2N4O3. The lowest BCUT2D eigenvalue weighted by Gasteiger charge is -2.05. The second-order valence-corrected chi connectivity index (χ2v) is 5.51. The Kier molecular flexibility index (Phi) is 6.36. The van der Waals surface area contributed by atoms with E-state index in [1.165, 1.54) is 11.5 Å². The molecule has 0 radical (unpaired) electrons. The fourth-order valence-corrected chi connectivity index (χ4v) is 2.44. The van der Waals surface area contributed by atoms with Crippen molar-refractivity contribution < 1.29 is 14.6 Å². The standard InChI is InChI=1S/C14H15BCl2N4O3/c1-3-24-14(22)12-9(8-18-20-15(2)23)13(17)21(19-12)11-7-5-4-6-10(11)16/h4-7,23H,3,8H2,1-2H3. The van der Waals surface area contributed by atoms with Crippen molar-refractivity contribution in [2.45, 2.75) is 20.3 Å². The highest BCUT2D eigenvalue weighted by atomic mass is 35.5. The van der Waals surface area contributed by atoms with E-state index in [4.69, 9.17) is 33.0 Å². The van der Waals surface area contributed by atoms with Crippen LogP contribution in [0, 0.1) is 0 Å². The Balaban J connectivity index is 2.51. The van der Waals surface area contributed by atoms with Gasteiger partial charge in [0.1, 0.15) is 5.15 Å². The van der Waals surface area contributed by atoms with E-state index in [-0.39, 0.29) is 24.0 Å². The molecule has 2 rings (SSSR count). The number of ether oxygens (including phenoxy) is 1. The fraction of sp³-hybridized carbons (Fsp3) is 0.286. The van der Waals surface area contributed by atoms with E-state index in [0.29, 0.717) is 16.3 Å². The molecule has 7 nitrogen and oxygen atoms in total. The summed E-state index contributed by atoms with van der Waals surface area (Å²) in [4.78, 5) is 12.1. The molecule has 1 aromatic heterocycles. The Morgan fingerprint density at radius 2 is 2.12 bits per heavy atom. The summed E-state index contributed by atoms with van der Waals surface area (Å²) < 4.78 is 6.35. The number of hydrogen-bond acceptors (Lipinski definition) is 6. The van der Waals surface area contributed by atoms with Crippen LogP contribution in [0.25, 0.3) is 5.69 Å². The summed E-state index contributed by atoms with van der Waals surface area (Å²) in [5, 5.41) is 21.4. The smallest absolute Gasteiger partial charge is 0.450 e. The molecule has 0 fully saturated rings. The third-order valence-corrected chi connectivity index (χ3v) is 3.66. The van der Waals surface area contributed by atoms with E-state index in [9.17, 15) is 4.79 Å². The van der Waals surface area contributed by atoms with Crippen molar-refractivity contribution in [2.24, 2.45) is 10.1 Å². The minimum atomic E-state index is -0.951. The zero-order valence-electron chi connectivity index (χ0n) is 13.1. The van der Waals surface area contributed by atoms with Crippen molar-refractivity contribution in [1.82, 2.24) is 9.78 Å². The minimum absolute atomic E-state index is 0.0255. The summed E-state index contributed by atoms with van der Waals surface area (Å²) in [6.45, 7) is 3.33. The highest BCUT2D eigenvalue weighted by Gasteiger charge is 2.24. The second kappa shape index (κ2) is 8.28. The lowest BCUT2D eigenvalue weighted by molar-refractivity contribution is 0.0517. The minimum Gasteiger partial charge on any atom is -0.461 e. The van der Waals surface area contributed by atoms with Crippen LogP contribution in [-0.2, 0) is 11.3 Å². The molecule has 0 spiro atoms. The van der Waals surface area contributed by atoms with Crippen LogP contribution >= 0.6 is 23.2 Å². The van der Waals surface area contributed by atoms with Gasteiger partial charge in [-0.25, -0.2) is 19.6 Å². The van der Waals surface area contributed by atoms with Gasteiger partial charge in [0.05, 0.1) is 23.9 Å². The first kappa shape index (κ1) is 18.4. The van der Waals surface area contributed by atoms with Gasteiger partial charge in [0.15, 0.2) is 5.69 Å². The Morgan fingerprint density at radius 1 is 1.42 bits per heavy atom. The zero-order valence-corrected chi connectivity index (χ0v) is 14.6. The molecule has 0 amide bonds. The third kappa shape index (κ3) is 4.14. The topological polar surface area (TPSA) is 89.1 Å². The van der Waals surface area contributed by atoms with Gasteiger partial charge in [-0.1, -0.05) is 35.3 Å². The van der Waals surface area contributed by atoms with Crippen LogP contribution in [0.3, 0.4) is 0 Å². The first-order valence-electron chi connectivity index (χ1n) is 7.19. The number of carbonyl (C=O) groups excluding carboxylic acids is 1. The molecule has 0 unspecified atom stereocenters. The molecule has 0 saturated heterocycles. The number of para-hydroxylation sites is 1. The van der Waals surface area contributed by atoms with Gasteiger partial charge in [-0.3, -0.25) is 0 Å². The van der Waals surface area contributed by atoms with Crippen LogP contribution in [0.5, 0.6) is 0 Å². The summed E-state index contributed by atoms with van der Waals surface area (Å²) in [7, 11) is -0.951. The van der Waals surface area contributed by atoms with E-state index >= 15 is 0 Å². The summed E-state index contributed by atoms with van der Waals surface area (Å²) in [5.74, 6) is -0.618. The van der Waals surface area contributed by atoms with Crippen molar-refractivity contribution in [3.05, 3.63) is 45.7 Å². The molecular weight excluding hydrogens is 354 g/mol. The number of hydrogen-bond donors (Lipinski definition) is 1. The molecule has 0 aliphatic rings. The van der Waals surface area contributed by atoms with Crippen LogP contribution in [-0.4, -0.2) is 34.4 Å². The molecule has 0 bridgehead atoms. The van der Waals surface area contributed by atoms with Crippen LogP contribution in [0.4, 0.5) is 0 Å². The highest BCUT2D eigenvalue weighted by molar-refractivity contribution is 6.46. The number of aromatic nitrogens is 2. The van der Waals surface area contributed by atoms with Gasteiger partial charge in [0, 0.05) is 5.56 Å². The van der Waals surface area contributed by atoms with Gasteiger partial charge < -0.3 is 9.76 Å². The second-order valence-electron chi connectivity index (χ2n) is 4.75. The Hall–Kier alpha value is -1.90. The lowest BCUT2D eigenvalue weighted by Crippen LogP contribution is -2.08. The third-order valence-electron chi connectivity index (χ3n) is 2.95. The maximum atomic E-state index is 12.1. The molecule has 1 heterocycles. The van der Waals surface area contributed by atoms with Crippen molar-refractivity contribution in [1.29, 1.82) is 0 Å². The predicted octanol–water partition coefficient (Wildman–Crippen LogP) is 3.42. The van der Waals surface area contributed by atoms with E-state index < -0.39 is 13.0 Å². The predicted molar refractivity (Wildman–Crippen MR) is 91.9 cm³/mol.